The molecule has 3 aromatic rings. The lowest BCUT2D eigenvalue weighted by Crippen LogP contribution is -2.39. The fraction of sp³-hybridized carbons (Fsp3) is 0.483. The third-order valence-electron chi connectivity index (χ3n) is 6.99. The summed E-state index contributed by atoms with van der Waals surface area (Å²) in [5, 5.41) is 0. The Morgan fingerprint density at radius 2 is 1.94 bits per heavy atom. The molecule has 7 heteroatoms. The van der Waals surface area contributed by atoms with E-state index < -0.39 is 5.60 Å². The Labute approximate surface area is 214 Å². The average Bonchev–Trinajstić information content (AvgIpc) is 3.26. The predicted molar refractivity (Wildman–Crippen MR) is 139 cm³/mol. The molecule has 0 N–H and O–H groups in total. The molecule has 0 unspecified atom stereocenters. The van der Waals surface area contributed by atoms with Crippen LogP contribution >= 0.6 is 0 Å². The van der Waals surface area contributed by atoms with Crippen molar-refractivity contribution >= 4 is 0 Å². The van der Waals surface area contributed by atoms with E-state index in [0.717, 1.165) is 69.9 Å². The maximum atomic E-state index is 14.0. The van der Waals surface area contributed by atoms with E-state index in [0.29, 0.717) is 13.2 Å². The number of hydrogen-bond acceptors (Lipinski definition) is 5. The van der Waals surface area contributed by atoms with Crippen molar-refractivity contribution in [2.24, 2.45) is 0 Å². The molecule has 0 amide bonds. The number of methoxy groups -OCH3 is 1. The Hall–Kier alpha value is -2.90. The van der Waals surface area contributed by atoms with Gasteiger partial charge < -0.3 is 18.8 Å². The molecule has 36 heavy (non-hydrogen) atoms. The minimum absolute atomic E-state index is 0.280. The molecule has 1 fully saturated rings. The predicted octanol–water partition coefficient (Wildman–Crippen LogP) is 5.50. The van der Waals surface area contributed by atoms with Gasteiger partial charge in [0.05, 0.1) is 6.61 Å². The van der Waals surface area contributed by atoms with Crippen LogP contribution in [0.1, 0.15) is 44.0 Å². The van der Waals surface area contributed by atoms with E-state index >= 15 is 0 Å². The highest BCUT2D eigenvalue weighted by Crippen LogP contribution is 2.29. The summed E-state index contributed by atoms with van der Waals surface area (Å²) in [5.41, 5.74) is 0.831. The second-order valence-corrected chi connectivity index (χ2v) is 9.48. The molecule has 1 aliphatic rings. The SMILES string of the molecule is CCc1nccn1CCCOc1cccc(CN2CCC[C@](COc3ccccc3F)(OC)CC2)c1. The number of nitrogens with zero attached hydrogens (tertiary/aromatic N) is 3. The highest BCUT2D eigenvalue weighted by molar-refractivity contribution is 5.28. The standard InChI is InChI=1S/C29H38FN3O3/c1-3-28-31-15-19-33(28)17-8-20-35-25-10-6-9-24(21-25)22-32-16-7-13-29(34-2,14-18-32)23-36-27-12-5-4-11-26(27)30/h4-6,9-12,15,19,21H,3,7-8,13-14,16-18,20,22-23H2,1-2H3/t29-/m0/s1. The number of aryl methyl sites for hydroxylation is 2. The fourth-order valence-electron chi connectivity index (χ4n) is 4.83. The van der Waals surface area contributed by atoms with Gasteiger partial charge in [0.2, 0.25) is 0 Å². The summed E-state index contributed by atoms with van der Waals surface area (Å²) in [4.78, 5) is 6.83. The molecule has 6 nitrogen and oxygen atoms in total. The molecule has 2 aromatic carbocycles. The number of benzene rings is 2. The molecule has 2 heterocycles. The fourth-order valence-corrected chi connectivity index (χ4v) is 4.83. The van der Waals surface area contributed by atoms with E-state index in [2.05, 4.69) is 39.6 Å². The van der Waals surface area contributed by atoms with Gasteiger partial charge in [-0.2, -0.15) is 0 Å². The zero-order valence-electron chi connectivity index (χ0n) is 21.5. The minimum Gasteiger partial charge on any atom is -0.494 e. The Morgan fingerprint density at radius 1 is 1.06 bits per heavy atom. The van der Waals surface area contributed by atoms with Crippen molar-refractivity contribution < 1.29 is 18.6 Å². The lowest BCUT2D eigenvalue weighted by atomic mass is 9.95. The van der Waals surface area contributed by atoms with Crippen molar-refractivity contribution in [2.45, 2.75) is 57.7 Å². The summed E-state index contributed by atoms with van der Waals surface area (Å²) in [7, 11) is 1.73. The van der Waals surface area contributed by atoms with Crippen molar-refractivity contribution in [1.82, 2.24) is 14.5 Å². The van der Waals surface area contributed by atoms with Crippen molar-refractivity contribution in [3.05, 3.63) is 78.1 Å². The van der Waals surface area contributed by atoms with Gasteiger partial charge in [-0.05, 0) is 62.1 Å². The van der Waals surface area contributed by atoms with Crippen LogP contribution < -0.4 is 9.47 Å². The topological polar surface area (TPSA) is 48.8 Å². The van der Waals surface area contributed by atoms with E-state index in [1.54, 1.807) is 25.3 Å². The maximum Gasteiger partial charge on any atom is 0.165 e. The summed E-state index contributed by atoms with van der Waals surface area (Å²) in [5.74, 6) is 1.97. The van der Waals surface area contributed by atoms with Crippen LogP contribution in [0.15, 0.2) is 60.9 Å². The van der Waals surface area contributed by atoms with Gasteiger partial charge in [0.1, 0.15) is 23.8 Å². The zero-order chi connectivity index (χ0) is 25.2. The first kappa shape index (κ1) is 26.2. The first-order valence-electron chi connectivity index (χ1n) is 13.0. The highest BCUT2D eigenvalue weighted by atomic mass is 19.1. The van der Waals surface area contributed by atoms with Crippen molar-refractivity contribution in [2.75, 3.05) is 33.4 Å². The van der Waals surface area contributed by atoms with Gasteiger partial charge in [0.25, 0.3) is 0 Å². The van der Waals surface area contributed by atoms with Gasteiger partial charge in [-0.3, -0.25) is 4.90 Å². The Bertz CT molecular complexity index is 1090. The minimum atomic E-state index is -0.408. The van der Waals surface area contributed by atoms with Crippen LogP contribution in [0.5, 0.6) is 11.5 Å². The average molecular weight is 496 g/mol. The largest absolute Gasteiger partial charge is 0.494 e. The smallest absolute Gasteiger partial charge is 0.165 e. The van der Waals surface area contributed by atoms with Gasteiger partial charge in [-0.25, -0.2) is 9.37 Å². The van der Waals surface area contributed by atoms with E-state index in [9.17, 15) is 4.39 Å². The van der Waals surface area contributed by atoms with Gasteiger partial charge in [0.15, 0.2) is 11.6 Å². The third kappa shape index (κ3) is 7.08. The second-order valence-electron chi connectivity index (χ2n) is 9.48. The molecule has 0 aliphatic carbocycles. The first-order chi connectivity index (χ1) is 17.6. The summed E-state index contributed by atoms with van der Waals surface area (Å²) >= 11 is 0. The number of ether oxygens (including phenoxy) is 3. The lowest BCUT2D eigenvalue weighted by molar-refractivity contribution is -0.0548. The summed E-state index contributed by atoms with van der Waals surface area (Å²) < 4.78 is 34.0. The number of hydrogen-bond donors (Lipinski definition) is 0. The van der Waals surface area contributed by atoms with E-state index in [1.165, 1.54) is 11.6 Å². The summed E-state index contributed by atoms with van der Waals surface area (Å²) in [6.07, 6.45) is 8.49. The zero-order valence-corrected chi connectivity index (χ0v) is 21.5. The Kier molecular flexibility index (Phi) is 9.36. The van der Waals surface area contributed by atoms with E-state index in [1.807, 2.05) is 18.5 Å². The molecular formula is C29H38FN3O3. The van der Waals surface area contributed by atoms with Crippen LogP contribution in [0.4, 0.5) is 4.39 Å². The number of rotatable bonds is 12. The summed E-state index contributed by atoms with van der Waals surface area (Å²) in [6.45, 7) is 6.80. The van der Waals surface area contributed by atoms with E-state index in [-0.39, 0.29) is 11.6 Å². The molecule has 0 bridgehead atoms. The van der Waals surface area contributed by atoms with Gasteiger partial charge in [0, 0.05) is 45.6 Å². The molecule has 0 spiro atoms. The number of imidazole rings is 1. The molecule has 1 atom stereocenters. The van der Waals surface area contributed by atoms with Crippen molar-refractivity contribution in [3.63, 3.8) is 0 Å². The van der Waals surface area contributed by atoms with Gasteiger partial charge >= 0.3 is 0 Å². The van der Waals surface area contributed by atoms with E-state index in [4.69, 9.17) is 14.2 Å². The number of likely N-dealkylation sites (tertiary alicyclic amines) is 1. The summed E-state index contributed by atoms with van der Waals surface area (Å²) in [6, 6.07) is 14.9. The van der Waals surface area contributed by atoms with Crippen LogP contribution in [0.3, 0.4) is 0 Å². The molecular weight excluding hydrogens is 457 g/mol. The monoisotopic (exact) mass is 495 g/mol. The van der Waals surface area contributed by atoms with Crippen molar-refractivity contribution in [1.29, 1.82) is 0 Å². The molecule has 1 saturated heterocycles. The van der Waals surface area contributed by atoms with Crippen LogP contribution in [0, 0.1) is 5.82 Å². The first-order valence-corrected chi connectivity index (χ1v) is 13.0. The second kappa shape index (κ2) is 12.9. The number of para-hydroxylation sites is 1. The van der Waals surface area contributed by atoms with Crippen LogP contribution in [0.25, 0.3) is 0 Å². The number of halogens is 1. The molecule has 1 aromatic heterocycles. The van der Waals surface area contributed by atoms with Gasteiger partial charge in [-0.15, -0.1) is 0 Å². The highest BCUT2D eigenvalue weighted by Gasteiger charge is 2.34. The molecule has 0 radical (unpaired) electrons. The van der Waals surface area contributed by atoms with Crippen LogP contribution in [0.2, 0.25) is 0 Å². The normalized spacial score (nSPS) is 18.6. The molecule has 0 saturated carbocycles. The van der Waals surface area contributed by atoms with Crippen LogP contribution in [-0.2, 0) is 24.2 Å². The third-order valence-corrected chi connectivity index (χ3v) is 6.99. The van der Waals surface area contributed by atoms with Crippen LogP contribution in [-0.4, -0.2) is 53.5 Å². The van der Waals surface area contributed by atoms with Crippen molar-refractivity contribution in [3.8, 4) is 11.5 Å². The number of aromatic nitrogens is 2. The lowest BCUT2D eigenvalue weighted by Gasteiger charge is -2.31. The molecule has 1 aliphatic heterocycles. The Morgan fingerprint density at radius 3 is 2.78 bits per heavy atom. The molecule has 4 rings (SSSR count). The van der Waals surface area contributed by atoms with Gasteiger partial charge in [-0.1, -0.05) is 31.2 Å². The quantitative estimate of drug-likeness (QED) is 0.311. The Balaban J connectivity index is 1.26. The molecule has 194 valence electrons. The maximum absolute atomic E-state index is 14.0.